The van der Waals surface area contributed by atoms with E-state index in [0.29, 0.717) is 11.6 Å². The van der Waals surface area contributed by atoms with Gasteiger partial charge in [-0.05, 0) is 29.9 Å². The zero-order valence-corrected chi connectivity index (χ0v) is 11.0. The third-order valence-electron chi connectivity index (χ3n) is 4.02. The van der Waals surface area contributed by atoms with Crippen molar-refractivity contribution in [3.63, 3.8) is 0 Å². The van der Waals surface area contributed by atoms with Crippen LogP contribution in [0.15, 0.2) is 30.0 Å². The summed E-state index contributed by atoms with van der Waals surface area (Å²) in [5.41, 5.74) is 3.32. The highest BCUT2D eigenvalue weighted by atomic mass is 16.2. The van der Waals surface area contributed by atoms with Crippen molar-refractivity contribution < 1.29 is 9.59 Å². The molecule has 2 aliphatic carbocycles. The van der Waals surface area contributed by atoms with Crippen molar-refractivity contribution >= 4 is 17.3 Å². The molecule has 19 heavy (non-hydrogen) atoms. The molecule has 1 N–H and O–H groups in total. The SMILES string of the molecule is CC(=O)NC1=C(C2CCCC2)c2ccccc2C1=O. The van der Waals surface area contributed by atoms with E-state index < -0.39 is 0 Å². The molecule has 0 heterocycles. The lowest BCUT2D eigenvalue weighted by molar-refractivity contribution is -0.118. The molecule has 0 aromatic heterocycles. The molecular weight excluding hydrogens is 238 g/mol. The van der Waals surface area contributed by atoms with Crippen LogP contribution in [0.1, 0.15) is 48.5 Å². The minimum atomic E-state index is -0.174. The lowest BCUT2D eigenvalue weighted by atomic mass is 9.92. The summed E-state index contributed by atoms with van der Waals surface area (Å²) in [6.45, 7) is 1.45. The molecule has 0 radical (unpaired) electrons. The van der Waals surface area contributed by atoms with Gasteiger partial charge in [-0.25, -0.2) is 0 Å². The number of carbonyl (C=O) groups is 2. The Bertz CT molecular complexity index is 580. The number of Topliss-reactive ketones (excluding diaryl/α,β-unsaturated/α-hetero) is 1. The van der Waals surface area contributed by atoms with Crippen molar-refractivity contribution in [2.24, 2.45) is 5.92 Å². The molecule has 2 aliphatic rings. The van der Waals surface area contributed by atoms with Crippen molar-refractivity contribution in [1.82, 2.24) is 5.32 Å². The van der Waals surface area contributed by atoms with Crippen LogP contribution in [0.3, 0.4) is 0 Å². The van der Waals surface area contributed by atoms with E-state index in [-0.39, 0.29) is 11.7 Å². The van der Waals surface area contributed by atoms with Crippen LogP contribution >= 0.6 is 0 Å². The fourth-order valence-corrected chi connectivity index (χ4v) is 3.25. The molecule has 1 saturated carbocycles. The first-order valence-electron chi connectivity index (χ1n) is 6.84. The van der Waals surface area contributed by atoms with Gasteiger partial charge in [0.1, 0.15) is 0 Å². The van der Waals surface area contributed by atoms with Gasteiger partial charge >= 0.3 is 0 Å². The lowest BCUT2D eigenvalue weighted by Gasteiger charge is -2.14. The molecule has 1 amide bonds. The number of hydrogen-bond donors (Lipinski definition) is 1. The molecule has 0 aliphatic heterocycles. The van der Waals surface area contributed by atoms with Gasteiger partial charge in [-0.3, -0.25) is 9.59 Å². The van der Waals surface area contributed by atoms with Gasteiger partial charge in [0.25, 0.3) is 0 Å². The predicted octanol–water partition coefficient (Wildman–Crippen LogP) is 2.92. The van der Waals surface area contributed by atoms with E-state index in [2.05, 4.69) is 5.32 Å². The summed E-state index contributed by atoms with van der Waals surface area (Å²) < 4.78 is 0. The molecule has 1 fully saturated rings. The Morgan fingerprint density at radius 2 is 1.79 bits per heavy atom. The van der Waals surface area contributed by atoms with Gasteiger partial charge in [-0.1, -0.05) is 37.1 Å². The quantitative estimate of drug-likeness (QED) is 0.883. The first kappa shape index (κ1) is 12.2. The molecule has 1 aromatic rings. The van der Waals surface area contributed by atoms with Crippen LogP contribution < -0.4 is 5.32 Å². The molecule has 0 bridgehead atoms. The van der Waals surface area contributed by atoms with Gasteiger partial charge in [0.15, 0.2) is 0 Å². The van der Waals surface area contributed by atoms with Gasteiger partial charge in [-0.15, -0.1) is 0 Å². The second-order valence-electron chi connectivity index (χ2n) is 5.33. The standard InChI is InChI=1S/C16H17NO2/c1-10(18)17-15-14(11-6-2-3-7-11)12-8-4-5-9-13(12)16(15)19/h4-5,8-9,11H,2-3,6-7H2,1H3,(H,17,18,19). The van der Waals surface area contributed by atoms with Crippen molar-refractivity contribution in [3.05, 3.63) is 41.1 Å². The van der Waals surface area contributed by atoms with Crippen LogP contribution in [-0.4, -0.2) is 11.7 Å². The molecule has 0 spiro atoms. The molecule has 0 saturated heterocycles. The summed E-state index contributed by atoms with van der Waals surface area (Å²) in [6.07, 6.45) is 4.63. The maximum atomic E-state index is 12.4. The number of benzene rings is 1. The number of rotatable bonds is 2. The topological polar surface area (TPSA) is 46.2 Å². The first-order valence-corrected chi connectivity index (χ1v) is 6.84. The second kappa shape index (κ2) is 4.65. The van der Waals surface area contributed by atoms with E-state index in [0.717, 1.165) is 29.5 Å². The number of allylic oxidation sites excluding steroid dienone is 2. The third kappa shape index (κ3) is 1.99. The Morgan fingerprint density at radius 1 is 1.16 bits per heavy atom. The normalized spacial score (nSPS) is 18.9. The fraction of sp³-hybridized carbons (Fsp3) is 0.375. The number of fused-ring (bicyclic) bond motifs is 1. The van der Waals surface area contributed by atoms with Gasteiger partial charge in [-0.2, -0.15) is 0 Å². The average Bonchev–Trinajstić information content (AvgIpc) is 2.98. The maximum absolute atomic E-state index is 12.4. The van der Waals surface area contributed by atoms with Crippen molar-refractivity contribution in [2.75, 3.05) is 0 Å². The van der Waals surface area contributed by atoms with E-state index in [1.807, 2.05) is 24.3 Å². The van der Waals surface area contributed by atoms with Crippen LogP contribution in [-0.2, 0) is 4.79 Å². The minimum absolute atomic E-state index is 0.0345. The van der Waals surface area contributed by atoms with Crippen LogP contribution in [0.5, 0.6) is 0 Å². The van der Waals surface area contributed by atoms with Crippen LogP contribution in [0.25, 0.3) is 5.57 Å². The third-order valence-corrected chi connectivity index (χ3v) is 4.02. The van der Waals surface area contributed by atoms with Gasteiger partial charge in [0.05, 0.1) is 5.70 Å². The zero-order valence-electron chi connectivity index (χ0n) is 11.0. The smallest absolute Gasteiger partial charge is 0.221 e. The summed E-state index contributed by atoms with van der Waals surface area (Å²) in [7, 11) is 0. The molecule has 0 unspecified atom stereocenters. The number of amides is 1. The highest BCUT2D eigenvalue weighted by Crippen LogP contribution is 2.43. The van der Waals surface area contributed by atoms with Gasteiger partial charge < -0.3 is 5.32 Å². The van der Waals surface area contributed by atoms with Crippen molar-refractivity contribution in [3.8, 4) is 0 Å². The second-order valence-corrected chi connectivity index (χ2v) is 5.33. The van der Waals surface area contributed by atoms with Crippen molar-refractivity contribution in [1.29, 1.82) is 0 Å². The molecule has 1 aromatic carbocycles. The van der Waals surface area contributed by atoms with Gasteiger partial charge in [0, 0.05) is 12.5 Å². The Labute approximate surface area is 112 Å². The Hall–Kier alpha value is -1.90. The van der Waals surface area contributed by atoms with Crippen LogP contribution in [0, 0.1) is 5.92 Å². The zero-order chi connectivity index (χ0) is 13.4. The monoisotopic (exact) mass is 255 g/mol. The van der Waals surface area contributed by atoms with Crippen LogP contribution in [0.4, 0.5) is 0 Å². The Balaban J connectivity index is 2.11. The highest BCUT2D eigenvalue weighted by Gasteiger charge is 2.34. The number of hydrogen-bond acceptors (Lipinski definition) is 2. The number of nitrogens with one attached hydrogen (secondary N) is 1. The summed E-state index contributed by atoms with van der Waals surface area (Å²) in [5, 5.41) is 2.76. The highest BCUT2D eigenvalue weighted by molar-refractivity contribution is 6.21. The number of ketones is 1. The molecule has 3 heteroatoms. The molecule has 98 valence electrons. The number of carbonyl (C=O) groups excluding carboxylic acids is 2. The van der Waals surface area contributed by atoms with E-state index in [9.17, 15) is 9.59 Å². The molecule has 0 atom stereocenters. The molecular formula is C16H17NO2. The average molecular weight is 255 g/mol. The summed E-state index contributed by atoms with van der Waals surface area (Å²) in [5.74, 6) is 0.203. The summed E-state index contributed by atoms with van der Waals surface area (Å²) in [4.78, 5) is 23.8. The van der Waals surface area contributed by atoms with E-state index in [1.54, 1.807) is 0 Å². The minimum Gasteiger partial charge on any atom is -0.323 e. The Morgan fingerprint density at radius 3 is 2.42 bits per heavy atom. The van der Waals surface area contributed by atoms with E-state index in [1.165, 1.54) is 19.8 Å². The summed E-state index contributed by atoms with van der Waals surface area (Å²) >= 11 is 0. The van der Waals surface area contributed by atoms with Crippen LogP contribution in [0.2, 0.25) is 0 Å². The maximum Gasteiger partial charge on any atom is 0.221 e. The predicted molar refractivity (Wildman–Crippen MR) is 73.5 cm³/mol. The fourth-order valence-electron chi connectivity index (χ4n) is 3.25. The Kier molecular flexibility index (Phi) is 2.97. The van der Waals surface area contributed by atoms with Gasteiger partial charge in [0.2, 0.25) is 11.7 Å². The van der Waals surface area contributed by atoms with E-state index in [4.69, 9.17) is 0 Å². The summed E-state index contributed by atoms with van der Waals surface area (Å²) in [6, 6.07) is 7.68. The first-order chi connectivity index (χ1) is 9.18. The molecule has 3 nitrogen and oxygen atoms in total. The molecule has 3 rings (SSSR count). The van der Waals surface area contributed by atoms with E-state index >= 15 is 0 Å². The lowest BCUT2D eigenvalue weighted by Crippen LogP contribution is -2.24. The largest absolute Gasteiger partial charge is 0.323 e. The van der Waals surface area contributed by atoms with Crippen molar-refractivity contribution in [2.45, 2.75) is 32.6 Å².